The van der Waals surface area contributed by atoms with Crippen molar-refractivity contribution < 1.29 is 0 Å². The summed E-state index contributed by atoms with van der Waals surface area (Å²) in [4.78, 5) is 18.7. The maximum absolute atomic E-state index is 13.2. The van der Waals surface area contributed by atoms with E-state index in [1.807, 2.05) is 10.7 Å². The summed E-state index contributed by atoms with van der Waals surface area (Å²) >= 11 is 0. The normalized spacial score (nSPS) is 19.5. The van der Waals surface area contributed by atoms with Crippen LogP contribution in [-0.2, 0) is 6.42 Å². The highest BCUT2D eigenvalue weighted by molar-refractivity contribution is 5.80. The van der Waals surface area contributed by atoms with Gasteiger partial charge >= 0.3 is 0 Å². The van der Waals surface area contributed by atoms with Crippen molar-refractivity contribution in [2.45, 2.75) is 70.4 Å². The van der Waals surface area contributed by atoms with Crippen LogP contribution in [0, 0.1) is 0 Å². The van der Waals surface area contributed by atoms with E-state index in [0.29, 0.717) is 6.04 Å². The number of aromatic nitrogens is 5. The van der Waals surface area contributed by atoms with Crippen LogP contribution < -0.4 is 5.56 Å². The average molecular weight is 407 g/mol. The second kappa shape index (κ2) is 8.30. The van der Waals surface area contributed by atoms with Gasteiger partial charge in [0.25, 0.3) is 5.56 Å². The van der Waals surface area contributed by atoms with E-state index in [4.69, 9.17) is 0 Å². The van der Waals surface area contributed by atoms with Gasteiger partial charge in [0.1, 0.15) is 6.04 Å². The molecule has 5 rings (SSSR count). The van der Waals surface area contributed by atoms with Crippen molar-refractivity contribution in [3.63, 3.8) is 0 Å². The molecule has 2 aliphatic rings. The van der Waals surface area contributed by atoms with Crippen molar-refractivity contribution in [3.05, 3.63) is 51.6 Å². The summed E-state index contributed by atoms with van der Waals surface area (Å²) in [6.07, 6.45) is 9.20. The van der Waals surface area contributed by atoms with Crippen molar-refractivity contribution in [1.82, 2.24) is 30.1 Å². The van der Waals surface area contributed by atoms with Gasteiger partial charge in [-0.25, -0.2) is 4.68 Å². The molecule has 158 valence electrons. The lowest BCUT2D eigenvalue weighted by Crippen LogP contribution is -2.34. The summed E-state index contributed by atoms with van der Waals surface area (Å²) in [6, 6.07) is 8.47. The molecule has 2 fully saturated rings. The van der Waals surface area contributed by atoms with Gasteiger partial charge < -0.3 is 4.98 Å². The molecule has 1 aliphatic carbocycles. The van der Waals surface area contributed by atoms with Gasteiger partial charge in [0.15, 0.2) is 5.82 Å². The SMILES string of the molecule is CCc1ccc2[nH]c(=O)c([C@@H](c3nnnn3C3CCCCC3)N3CCCC3)cc2c1. The third-order valence-electron chi connectivity index (χ3n) is 6.83. The molecule has 1 N–H and O–H groups in total. The fraction of sp³-hybridized carbons (Fsp3) is 0.565. The number of tetrazole rings is 1. The molecule has 7 heteroatoms. The summed E-state index contributed by atoms with van der Waals surface area (Å²) in [5, 5.41) is 14.0. The van der Waals surface area contributed by atoms with Crippen molar-refractivity contribution in [2.75, 3.05) is 13.1 Å². The Morgan fingerprint density at radius 2 is 1.90 bits per heavy atom. The third kappa shape index (κ3) is 3.55. The predicted molar refractivity (Wildman–Crippen MR) is 117 cm³/mol. The fourth-order valence-electron chi connectivity index (χ4n) is 5.16. The molecule has 7 nitrogen and oxygen atoms in total. The maximum atomic E-state index is 13.2. The topological polar surface area (TPSA) is 79.7 Å². The molecule has 30 heavy (non-hydrogen) atoms. The summed E-state index contributed by atoms with van der Waals surface area (Å²) in [7, 11) is 0. The lowest BCUT2D eigenvalue weighted by Gasteiger charge is -2.29. The van der Waals surface area contributed by atoms with E-state index in [-0.39, 0.29) is 11.6 Å². The lowest BCUT2D eigenvalue weighted by molar-refractivity contribution is 0.243. The average Bonchev–Trinajstić information content (AvgIpc) is 3.48. The first-order valence-electron chi connectivity index (χ1n) is 11.4. The van der Waals surface area contributed by atoms with E-state index < -0.39 is 0 Å². The number of rotatable bonds is 5. The Bertz CT molecular complexity index is 1070. The van der Waals surface area contributed by atoms with Crippen molar-refractivity contribution in [3.8, 4) is 0 Å². The first-order chi connectivity index (χ1) is 14.7. The Morgan fingerprint density at radius 1 is 1.10 bits per heavy atom. The first-order valence-corrected chi connectivity index (χ1v) is 11.4. The van der Waals surface area contributed by atoms with Gasteiger partial charge in [-0.1, -0.05) is 32.3 Å². The van der Waals surface area contributed by atoms with Gasteiger partial charge in [0, 0.05) is 11.1 Å². The Balaban J connectivity index is 1.63. The van der Waals surface area contributed by atoms with Gasteiger partial charge in [0.05, 0.1) is 6.04 Å². The Morgan fingerprint density at radius 3 is 2.67 bits per heavy atom. The lowest BCUT2D eigenvalue weighted by atomic mass is 9.95. The van der Waals surface area contributed by atoms with Crippen LogP contribution in [0.1, 0.15) is 80.9 Å². The molecular formula is C23H30N6O. The number of nitrogens with one attached hydrogen (secondary N) is 1. The maximum Gasteiger partial charge on any atom is 0.253 e. The zero-order valence-corrected chi connectivity index (χ0v) is 17.7. The van der Waals surface area contributed by atoms with E-state index in [1.54, 1.807) is 0 Å². The monoisotopic (exact) mass is 406 g/mol. The molecule has 0 bridgehead atoms. The summed E-state index contributed by atoms with van der Waals surface area (Å²) in [5.41, 5.74) is 2.87. The van der Waals surface area contributed by atoms with Crippen LogP contribution in [0.4, 0.5) is 0 Å². The summed E-state index contributed by atoms with van der Waals surface area (Å²) in [6.45, 7) is 4.09. The molecule has 0 amide bonds. The highest BCUT2D eigenvalue weighted by atomic mass is 16.1. The quantitative estimate of drug-likeness (QED) is 0.698. The number of aromatic amines is 1. The van der Waals surface area contributed by atoms with Crippen LogP contribution in [0.5, 0.6) is 0 Å². The standard InChI is InChI=1S/C23H30N6O/c1-2-16-10-11-20-17(14-16)15-19(23(30)24-20)21(28-12-6-7-13-28)22-25-26-27-29(22)18-8-4-3-5-9-18/h10-11,14-15,18,21H,2-9,12-13H2,1H3,(H,24,30)/t21-/m0/s1. The minimum Gasteiger partial charge on any atom is -0.322 e. The first kappa shape index (κ1) is 19.4. The zero-order valence-electron chi connectivity index (χ0n) is 17.7. The van der Waals surface area contributed by atoms with Crippen LogP contribution >= 0.6 is 0 Å². The molecule has 1 atom stereocenters. The number of fused-ring (bicyclic) bond motifs is 1. The number of aryl methyl sites for hydroxylation is 1. The molecule has 0 unspecified atom stereocenters. The van der Waals surface area contributed by atoms with Gasteiger partial charge in [-0.3, -0.25) is 9.69 Å². The van der Waals surface area contributed by atoms with E-state index >= 15 is 0 Å². The molecule has 3 aromatic rings. The van der Waals surface area contributed by atoms with Gasteiger partial charge in [0.2, 0.25) is 0 Å². The number of pyridine rings is 1. The largest absolute Gasteiger partial charge is 0.322 e. The third-order valence-corrected chi connectivity index (χ3v) is 6.83. The number of likely N-dealkylation sites (tertiary alicyclic amines) is 1. The van der Waals surface area contributed by atoms with Crippen molar-refractivity contribution >= 4 is 10.9 Å². The molecular weight excluding hydrogens is 376 g/mol. The minimum atomic E-state index is -0.206. The van der Waals surface area contributed by atoms with Crippen LogP contribution in [0.3, 0.4) is 0 Å². The minimum absolute atomic E-state index is 0.0400. The molecule has 2 aromatic heterocycles. The second-order valence-corrected chi connectivity index (χ2v) is 8.75. The fourth-order valence-corrected chi connectivity index (χ4v) is 5.16. The number of benzene rings is 1. The van der Waals surface area contributed by atoms with E-state index in [1.165, 1.54) is 24.8 Å². The molecule has 3 heterocycles. The number of H-pyrrole nitrogens is 1. The highest BCUT2D eigenvalue weighted by Crippen LogP contribution is 2.34. The van der Waals surface area contributed by atoms with Crippen LogP contribution in [-0.4, -0.2) is 43.2 Å². The van der Waals surface area contributed by atoms with Crippen molar-refractivity contribution in [2.24, 2.45) is 0 Å². The van der Waals surface area contributed by atoms with Crippen molar-refractivity contribution in [1.29, 1.82) is 0 Å². The van der Waals surface area contributed by atoms with Crippen LogP contribution in [0.2, 0.25) is 0 Å². The Hall–Kier alpha value is -2.54. The van der Waals surface area contributed by atoms with Gasteiger partial charge in [-0.15, -0.1) is 5.10 Å². The smallest absolute Gasteiger partial charge is 0.253 e. The van der Waals surface area contributed by atoms with Gasteiger partial charge in [-0.2, -0.15) is 0 Å². The molecule has 1 saturated heterocycles. The van der Waals surface area contributed by atoms with Crippen LogP contribution in [0.25, 0.3) is 10.9 Å². The van der Waals surface area contributed by atoms with E-state index in [0.717, 1.165) is 67.5 Å². The Labute approximate surface area is 176 Å². The summed E-state index contributed by atoms with van der Waals surface area (Å²) in [5.74, 6) is 0.820. The Kier molecular flexibility index (Phi) is 5.37. The molecule has 0 spiro atoms. The number of hydrogen-bond acceptors (Lipinski definition) is 5. The predicted octanol–water partition coefficient (Wildman–Crippen LogP) is 3.77. The van der Waals surface area contributed by atoms with Gasteiger partial charge in [-0.05, 0) is 84.8 Å². The summed E-state index contributed by atoms with van der Waals surface area (Å²) < 4.78 is 2.02. The second-order valence-electron chi connectivity index (χ2n) is 8.75. The number of hydrogen-bond donors (Lipinski definition) is 1. The molecule has 0 radical (unpaired) electrons. The number of nitrogens with zero attached hydrogens (tertiary/aromatic N) is 5. The van der Waals surface area contributed by atoms with E-state index in [9.17, 15) is 4.79 Å². The molecule has 1 aromatic carbocycles. The zero-order chi connectivity index (χ0) is 20.5. The molecule has 1 aliphatic heterocycles. The molecule has 1 saturated carbocycles. The van der Waals surface area contributed by atoms with E-state index in [2.05, 4.69) is 50.5 Å². The highest BCUT2D eigenvalue weighted by Gasteiger charge is 2.33. The van der Waals surface area contributed by atoms with Crippen LogP contribution in [0.15, 0.2) is 29.1 Å².